The lowest BCUT2D eigenvalue weighted by Crippen LogP contribution is -1.89. The van der Waals surface area contributed by atoms with Crippen LogP contribution >= 0.6 is 11.6 Å². The number of aromatic nitrogens is 1. The zero-order valence-electron chi connectivity index (χ0n) is 8.95. The Morgan fingerprint density at radius 1 is 1.38 bits per heavy atom. The molecule has 0 saturated heterocycles. The van der Waals surface area contributed by atoms with E-state index >= 15 is 0 Å². The molecule has 0 aliphatic heterocycles. The SMILES string of the molecule is COc1c(C)cc(-c2cc(N)no2)cc1Cl. The van der Waals surface area contributed by atoms with Crippen LogP contribution in [0, 0.1) is 6.92 Å². The summed E-state index contributed by atoms with van der Waals surface area (Å²) in [4.78, 5) is 0. The molecule has 0 unspecified atom stereocenters. The molecule has 0 bridgehead atoms. The Balaban J connectivity index is 2.52. The molecule has 1 aromatic heterocycles. The first kappa shape index (κ1) is 10.8. The molecule has 0 aliphatic carbocycles. The van der Waals surface area contributed by atoms with Gasteiger partial charge in [-0.3, -0.25) is 0 Å². The van der Waals surface area contributed by atoms with E-state index in [-0.39, 0.29) is 0 Å². The van der Waals surface area contributed by atoms with Crippen molar-refractivity contribution < 1.29 is 9.26 Å². The molecule has 4 nitrogen and oxygen atoms in total. The second-order valence-electron chi connectivity index (χ2n) is 3.42. The van der Waals surface area contributed by atoms with E-state index in [0.29, 0.717) is 22.4 Å². The minimum atomic E-state index is 0.347. The van der Waals surface area contributed by atoms with Crippen LogP contribution in [0.25, 0.3) is 11.3 Å². The van der Waals surface area contributed by atoms with E-state index in [1.165, 1.54) is 0 Å². The maximum atomic E-state index is 6.07. The lowest BCUT2D eigenvalue weighted by atomic mass is 10.1. The molecule has 1 aromatic carbocycles. The van der Waals surface area contributed by atoms with Crippen LogP contribution in [0.1, 0.15) is 5.56 Å². The number of benzene rings is 1. The van der Waals surface area contributed by atoms with Crippen LogP contribution in [-0.2, 0) is 0 Å². The number of nitrogen functional groups attached to an aromatic ring is 1. The molecule has 16 heavy (non-hydrogen) atoms. The van der Waals surface area contributed by atoms with Gasteiger partial charge in [0.25, 0.3) is 0 Å². The third-order valence-electron chi connectivity index (χ3n) is 2.25. The van der Waals surface area contributed by atoms with Crippen molar-refractivity contribution in [2.45, 2.75) is 6.92 Å². The average molecular weight is 239 g/mol. The number of nitrogens with zero attached hydrogens (tertiary/aromatic N) is 1. The normalized spacial score (nSPS) is 10.4. The fourth-order valence-electron chi connectivity index (χ4n) is 1.56. The summed E-state index contributed by atoms with van der Waals surface area (Å²) in [5, 5.41) is 4.16. The smallest absolute Gasteiger partial charge is 0.169 e. The predicted molar refractivity (Wildman–Crippen MR) is 62.7 cm³/mol. The van der Waals surface area contributed by atoms with E-state index < -0.39 is 0 Å². The number of ether oxygens (including phenoxy) is 1. The van der Waals surface area contributed by atoms with Crippen molar-refractivity contribution in [2.24, 2.45) is 0 Å². The number of hydrogen-bond acceptors (Lipinski definition) is 4. The van der Waals surface area contributed by atoms with E-state index in [9.17, 15) is 0 Å². The molecule has 0 saturated carbocycles. The van der Waals surface area contributed by atoms with Gasteiger partial charge in [-0.1, -0.05) is 16.8 Å². The first-order valence-electron chi connectivity index (χ1n) is 4.68. The van der Waals surface area contributed by atoms with Crippen LogP contribution in [0.15, 0.2) is 22.7 Å². The zero-order valence-corrected chi connectivity index (χ0v) is 9.71. The van der Waals surface area contributed by atoms with Crippen LogP contribution < -0.4 is 10.5 Å². The topological polar surface area (TPSA) is 61.3 Å². The Kier molecular flexibility index (Phi) is 2.75. The van der Waals surface area contributed by atoms with Crippen molar-refractivity contribution in [3.63, 3.8) is 0 Å². The second-order valence-corrected chi connectivity index (χ2v) is 3.83. The van der Waals surface area contributed by atoms with Crippen LogP contribution in [0.4, 0.5) is 5.82 Å². The quantitative estimate of drug-likeness (QED) is 0.874. The molecule has 0 atom stereocenters. The van der Waals surface area contributed by atoms with Crippen LogP contribution in [-0.4, -0.2) is 12.3 Å². The van der Waals surface area contributed by atoms with Gasteiger partial charge in [0.2, 0.25) is 0 Å². The van der Waals surface area contributed by atoms with Gasteiger partial charge >= 0.3 is 0 Å². The molecule has 0 amide bonds. The van der Waals surface area contributed by atoms with Crippen LogP contribution in [0.5, 0.6) is 5.75 Å². The van der Waals surface area contributed by atoms with Crippen LogP contribution in [0.3, 0.4) is 0 Å². The third-order valence-corrected chi connectivity index (χ3v) is 2.53. The number of anilines is 1. The number of nitrogens with two attached hydrogens (primary N) is 1. The summed E-state index contributed by atoms with van der Waals surface area (Å²) in [6.45, 7) is 1.91. The number of aryl methyl sites for hydroxylation is 1. The average Bonchev–Trinajstić information content (AvgIpc) is 2.64. The van der Waals surface area contributed by atoms with Gasteiger partial charge in [0.15, 0.2) is 11.6 Å². The van der Waals surface area contributed by atoms with Gasteiger partial charge in [0.1, 0.15) is 5.75 Å². The summed E-state index contributed by atoms with van der Waals surface area (Å²) in [5.41, 5.74) is 7.24. The lowest BCUT2D eigenvalue weighted by Gasteiger charge is -2.08. The largest absolute Gasteiger partial charge is 0.495 e. The summed E-state index contributed by atoms with van der Waals surface area (Å²) in [6.07, 6.45) is 0. The number of methoxy groups -OCH3 is 1. The summed E-state index contributed by atoms with van der Waals surface area (Å²) < 4.78 is 10.2. The highest BCUT2D eigenvalue weighted by atomic mass is 35.5. The first-order chi connectivity index (χ1) is 7.61. The van der Waals surface area contributed by atoms with E-state index in [1.807, 2.05) is 13.0 Å². The highest BCUT2D eigenvalue weighted by Gasteiger charge is 2.11. The molecule has 0 fully saturated rings. The maximum Gasteiger partial charge on any atom is 0.169 e. The molecule has 1 heterocycles. The second kappa shape index (κ2) is 4.06. The summed E-state index contributed by atoms with van der Waals surface area (Å²) in [7, 11) is 1.58. The van der Waals surface area contributed by atoms with Gasteiger partial charge in [-0.2, -0.15) is 0 Å². The highest BCUT2D eigenvalue weighted by molar-refractivity contribution is 6.32. The van der Waals surface area contributed by atoms with Crippen molar-refractivity contribution in [3.05, 3.63) is 28.8 Å². The van der Waals surface area contributed by atoms with Gasteiger partial charge in [0.05, 0.1) is 12.1 Å². The molecule has 0 aliphatic rings. The third kappa shape index (κ3) is 1.84. The van der Waals surface area contributed by atoms with Gasteiger partial charge in [-0.25, -0.2) is 0 Å². The van der Waals surface area contributed by atoms with Crippen molar-refractivity contribution in [1.29, 1.82) is 0 Å². The number of hydrogen-bond donors (Lipinski definition) is 1. The Morgan fingerprint density at radius 2 is 2.12 bits per heavy atom. The van der Waals surface area contributed by atoms with Gasteiger partial charge in [-0.05, 0) is 24.6 Å². The fourth-order valence-corrected chi connectivity index (χ4v) is 1.90. The summed E-state index contributed by atoms with van der Waals surface area (Å²) >= 11 is 6.07. The van der Waals surface area contributed by atoms with Crippen molar-refractivity contribution in [3.8, 4) is 17.1 Å². The molecular formula is C11H11ClN2O2. The molecule has 0 spiro atoms. The number of rotatable bonds is 2. The Bertz CT molecular complexity index is 499. The minimum Gasteiger partial charge on any atom is -0.495 e. The first-order valence-corrected chi connectivity index (χ1v) is 5.06. The van der Waals surface area contributed by atoms with E-state index in [2.05, 4.69) is 5.16 Å². The Hall–Kier alpha value is -1.68. The molecule has 0 radical (unpaired) electrons. The zero-order chi connectivity index (χ0) is 11.7. The van der Waals surface area contributed by atoms with E-state index in [1.54, 1.807) is 19.2 Å². The Labute approximate surface area is 97.9 Å². The van der Waals surface area contributed by atoms with E-state index in [4.69, 9.17) is 26.6 Å². The highest BCUT2D eigenvalue weighted by Crippen LogP contribution is 2.34. The molecule has 2 N–H and O–H groups in total. The molecule has 2 aromatic rings. The minimum absolute atomic E-state index is 0.347. The van der Waals surface area contributed by atoms with E-state index in [0.717, 1.165) is 11.1 Å². The van der Waals surface area contributed by atoms with Crippen molar-refractivity contribution >= 4 is 17.4 Å². The van der Waals surface area contributed by atoms with Crippen molar-refractivity contribution in [1.82, 2.24) is 5.16 Å². The monoisotopic (exact) mass is 238 g/mol. The predicted octanol–water partition coefficient (Wildman–Crippen LogP) is 2.89. The molecule has 84 valence electrons. The van der Waals surface area contributed by atoms with Gasteiger partial charge in [0, 0.05) is 11.6 Å². The Morgan fingerprint density at radius 3 is 2.62 bits per heavy atom. The summed E-state index contributed by atoms with van der Waals surface area (Å²) in [5.74, 6) is 1.60. The lowest BCUT2D eigenvalue weighted by molar-refractivity contribution is 0.411. The fraction of sp³-hybridized carbons (Fsp3) is 0.182. The standard InChI is InChI=1S/C11H11ClN2O2/c1-6-3-7(4-8(12)11(6)15-2)9-5-10(13)14-16-9/h3-5H,1-2H3,(H2,13,14). The number of halogens is 1. The maximum absolute atomic E-state index is 6.07. The molecule has 5 heteroatoms. The summed E-state index contributed by atoms with van der Waals surface area (Å²) in [6, 6.07) is 5.32. The van der Waals surface area contributed by atoms with Gasteiger partial charge in [-0.15, -0.1) is 0 Å². The van der Waals surface area contributed by atoms with Gasteiger partial charge < -0.3 is 15.0 Å². The van der Waals surface area contributed by atoms with Crippen molar-refractivity contribution in [2.75, 3.05) is 12.8 Å². The van der Waals surface area contributed by atoms with Crippen LogP contribution in [0.2, 0.25) is 5.02 Å². The molecule has 2 rings (SSSR count). The molecular weight excluding hydrogens is 228 g/mol.